The standard InChI is InChI=1S/C17H15N3O4S2/c1-24-16(21)14-9-7-12(8-10-14)11-26(22,23)20-17-19-18-15(25-17)13-5-3-2-4-6-13/h2-10H,11H2,1H3,(H,19,20). The van der Waals surface area contributed by atoms with Gasteiger partial charge in [0.2, 0.25) is 15.2 Å². The maximum Gasteiger partial charge on any atom is 0.337 e. The van der Waals surface area contributed by atoms with Gasteiger partial charge in [0.15, 0.2) is 0 Å². The van der Waals surface area contributed by atoms with Crippen LogP contribution in [-0.2, 0) is 20.5 Å². The van der Waals surface area contributed by atoms with E-state index in [0.717, 1.165) is 16.9 Å². The smallest absolute Gasteiger partial charge is 0.337 e. The summed E-state index contributed by atoms with van der Waals surface area (Å²) < 4.78 is 31.7. The Bertz CT molecular complexity index is 1000. The predicted molar refractivity (Wildman–Crippen MR) is 99.4 cm³/mol. The molecule has 9 heteroatoms. The van der Waals surface area contributed by atoms with Crippen LogP contribution in [0.25, 0.3) is 10.6 Å². The summed E-state index contributed by atoms with van der Waals surface area (Å²) in [6, 6.07) is 15.6. The number of carbonyl (C=O) groups excluding carboxylic acids is 1. The van der Waals surface area contributed by atoms with Crippen LogP contribution in [0, 0.1) is 0 Å². The highest BCUT2D eigenvalue weighted by Gasteiger charge is 2.16. The summed E-state index contributed by atoms with van der Waals surface area (Å²) in [5.74, 6) is -0.714. The molecule has 0 radical (unpaired) electrons. The highest BCUT2D eigenvalue weighted by molar-refractivity contribution is 7.92. The molecule has 0 saturated heterocycles. The van der Waals surface area contributed by atoms with E-state index < -0.39 is 16.0 Å². The van der Waals surface area contributed by atoms with Gasteiger partial charge in [0, 0.05) is 5.56 Å². The van der Waals surface area contributed by atoms with E-state index in [9.17, 15) is 13.2 Å². The van der Waals surface area contributed by atoms with Gasteiger partial charge >= 0.3 is 5.97 Å². The van der Waals surface area contributed by atoms with Crippen molar-refractivity contribution in [2.75, 3.05) is 11.8 Å². The van der Waals surface area contributed by atoms with Crippen molar-refractivity contribution in [3.8, 4) is 10.6 Å². The van der Waals surface area contributed by atoms with Gasteiger partial charge in [-0.1, -0.05) is 53.8 Å². The number of benzene rings is 2. The molecule has 3 rings (SSSR count). The Kier molecular flexibility index (Phi) is 5.29. The van der Waals surface area contributed by atoms with Gasteiger partial charge in [0.05, 0.1) is 18.4 Å². The zero-order valence-electron chi connectivity index (χ0n) is 13.7. The summed E-state index contributed by atoms with van der Waals surface area (Å²) in [4.78, 5) is 11.4. The number of anilines is 1. The maximum atomic E-state index is 12.3. The summed E-state index contributed by atoms with van der Waals surface area (Å²) >= 11 is 1.16. The molecule has 0 atom stereocenters. The minimum Gasteiger partial charge on any atom is -0.465 e. The molecule has 0 amide bonds. The molecule has 0 fully saturated rings. The van der Waals surface area contributed by atoms with E-state index in [2.05, 4.69) is 19.7 Å². The van der Waals surface area contributed by atoms with Gasteiger partial charge in [-0.25, -0.2) is 13.2 Å². The third-order valence-corrected chi connectivity index (χ3v) is 5.65. The molecule has 0 saturated carbocycles. The minimum atomic E-state index is -3.65. The lowest BCUT2D eigenvalue weighted by Crippen LogP contribution is -2.15. The molecular formula is C17H15N3O4S2. The van der Waals surface area contributed by atoms with Crippen LogP contribution in [0.4, 0.5) is 5.13 Å². The summed E-state index contributed by atoms with van der Waals surface area (Å²) in [7, 11) is -2.37. The van der Waals surface area contributed by atoms with E-state index >= 15 is 0 Å². The fraction of sp³-hybridized carbons (Fsp3) is 0.118. The summed E-state index contributed by atoms with van der Waals surface area (Å²) in [5.41, 5.74) is 1.77. The zero-order valence-corrected chi connectivity index (χ0v) is 15.4. The van der Waals surface area contributed by atoms with E-state index in [0.29, 0.717) is 16.1 Å². The monoisotopic (exact) mass is 389 g/mol. The lowest BCUT2D eigenvalue weighted by molar-refractivity contribution is 0.0600. The minimum absolute atomic E-state index is 0.204. The number of carbonyl (C=O) groups is 1. The van der Waals surface area contributed by atoms with Crippen LogP contribution in [-0.4, -0.2) is 31.7 Å². The SMILES string of the molecule is COC(=O)c1ccc(CS(=O)(=O)Nc2nnc(-c3ccccc3)s2)cc1. The van der Waals surface area contributed by atoms with E-state index in [1.54, 1.807) is 12.1 Å². The van der Waals surface area contributed by atoms with Crippen molar-refractivity contribution in [3.63, 3.8) is 0 Å². The van der Waals surface area contributed by atoms with Gasteiger partial charge in [-0.05, 0) is 17.7 Å². The molecule has 0 bridgehead atoms. The van der Waals surface area contributed by atoms with Gasteiger partial charge < -0.3 is 4.74 Å². The van der Waals surface area contributed by atoms with Crippen LogP contribution in [0.5, 0.6) is 0 Å². The number of nitrogens with zero attached hydrogens (tertiary/aromatic N) is 2. The van der Waals surface area contributed by atoms with Crippen LogP contribution in [0.2, 0.25) is 0 Å². The van der Waals surface area contributed by atoms with E-state index in [-0.39, 0.29) is 10.9 Å². The van der Waals surface area contributed by atoms with Crippen molar-refractivity contribution < 1.29 is 17.9 Å². The number of nitrogens with one attached hydrogen (secondary N) is 1. The first-order chi connectivity index (χ1) is 12.5. The summed E-state index contributed by atoms with van der Waals surface area (Å²) in [5, 5.41) is 8.73. The van der Waals surface area contributed by atoms with Crippen molar-refractivity contribution in [3.05, 3.63) is 65.7 Å². The Morgan fingerprint density at radius 3 is 2.42 bits per heavy atom. The molecule has 1 N–H and O–H groups in total. The largest absolute Gasteiger partial charge is 0.465 e. The van der Waals surface area contributed by atoms with Gasteiger partial charge in [-0.3, -0.25) is 4.72 Å². The number of hydrogen-bond donors (Lipinski definition) is 1. The third kappa shape index (κ3) is 4.44. The van der Waals surface area contributed by atoms with E-state index in [4.69, 9.17) is 0 Å². The highest BCUT2D eigenvalue weighted by atomic mass is 32.2. The van der Waals surface area contributed by atoms with Crippen molar-refractivity contribution in [1.82, 2.24) is 10.2 Å². The molecule has 7 nitrogen and oxygen atoms in total. The lowest BCUT2D eigenvalue weighted by atomic mass is 10.1. The highest BCUT2D eigenvalue weighted by Crippen LogP contribution is 2.26. The molecule has 134 valence electrons. The van der Waals surface area contributed by atoms with Gasteiger partial charge in [-0.2, -0.15) is 0 Å². The third-order valence-electron chi connectivity index (χ3n) is 3.42. The predicted octanol–water partition coefficient (Wildman–Crippen LogP) is 2.93. The molecule has 26 heavy (non-hydrogen) atoms. The second-order valence-corrected chi connectivity index (χ2v) is 8.03. The number of esters is 1. The van der Waals surface area contributed by atoms with Crippen LogP contribution < -0.4 is 4.72 Å². The maximum absolute atomic E-state index is 12.3. The number of methoxy groups -OCH3 is 1. The quantitative estimate of drug-likeness (QED) is 0.651. The molecular weight excluding hydrogens is 374 g/mol. The Hall–Kier alpha value is -2.78. The van der Waals surface area contributed by atoms with Crippen LogP contribution >= 0.6 is 11.3 Å². The summed E-state index contributed by atoms with van der Waals surface area (Å²) in [6.07, 6.45) is 0. The van der Waals surface area contributed by atoms with E-state index in [1.165, 1.54) is 19.2 Å². The second kappa shape index (κ2) is 7.63. The Labute approximate surface area is 154 Å². The Morgan fingerprint density at radius 2 is 1.77 bits per heavy atom. The lowest BCUT2D eigenvalue weighted by Gasteiger charge is -2.05. The van der Waals surface area contributed by atoms with Crippen LogP contribution in [0.3, 0.4) is 0 Å². The number of rotatable bonds is 6. The molecule has 0 aliphatic heterocycles. The second-order valence-electron chi connectivity index (χ2n) is 5.33. The van der Waals surface area contributed by atoms with Crippen molar-refractivity contribution in [2.24, 2.45) is 0 Å². The fourth-order valence-corrected chi connectivity index (χ4v) is 4.36. The molecule has 1 aromatic heterocycles. The average molecular weight is 389 g/mol. The van der Waals surface area contributed by atoms with E-state index in [1.807, 2.05) is 30.3 Å². The number of ether oxygens (including phenoxy) is 1. The Morgan fingerprint density at radius 1 is 1.08 bits per heavy atom. The normalized spacial score (nSPS) is 11.1. The van der Waals surface area contributed by atoms with Gasteiger partial charge in [0.25, 0.3) is 0 Å². The zero-order chi connectivity index (χ0) is 18.6. The first-order valence-electron chi connectivity index (χ1n) is 7.53. The topological polar surface area (TPSA) is 98.2 Å². The van der Waals surface area contributed by atoms with Gasteiger partial charge in [-0.15, -0.1) is 10.2 Å². The molecule has 0 spiro atoms. The molecule has 1 heterocycles. The van der Waals surface area contributed by atoms with Crippen molar-refractivity contribution in [1.29, 1.82) is 0 Å². The first kappa shape index (κ1) is 18.0. The molecule has 0 aliphatic rings. The summed E-state index contributed by atoms with van der Waals surface area (Å²) in [6.45, 7) is 0. The average Bonchev–Trinajstić information content (AvgIpc) is 3.09. The molecule has 0 unspecified atom stereocenters. The van der Waals surface area contributed by atoms with Gasteiger partial charge in [0.1, 0.15) is 5.01 Å². The fourth-order valence-electron chi connectivity index (χ4n) is 2.21. The molecule has 3 aromatic rings. The van der Waals surface area contributed by atoms with Crippen molar-refractivity contribution in [2.45, 2.75) is 5.75 Å². The number of sulfonamides is 1. The Balaban J connectivity index is 1.69. The van der Waals surface area contributed by atoms with Crippen LogP contribution in [0.1, 0.15) is 15.9 Å². The van der Waals surface area contributed by atoms with Crippen LogP contribution in [0.15, 0.2) is 54.6 Å². The molecule has 0 aliphatic carbocycles. The number of hydrogen-bond acceptors (Lipinski definition) is 7. The number of aromatic nitrogens is 2. The van der Waals surface area contributed by atoms with Crippen molar-refractivity contribution >= 4 is 32.5 Å². The molecule has 2 aromatic carbocycles. The first-order valence-corrected chi connectivity index (χ1v) is 10.0.